The largest absolute Gasteiger partial charge is 0.508 e. The minimum atomic E-state index is -0.629. The first-order chi connectivity index (χ1) is 28.0. The summed E-state index contributed by atoms with van der Waals surface area (Å²) in [5, 5.41) is 10.6. The van der Waals surface area contributed by atoms with E-state index in [1.807, 2.05) is 12.1 Å². The molecule has 0 bridgehead atoms. The molecule has 2 aliphatic rings. The predicted octanol–water partition coefficient (Wildman–Crippen LogP) is 14.5. The van der Waals surface area contributed by atoms with E-state index in [4.69, 9.17) is 0 Å². The van der Waals surface area contributed by atoms with E-state index in [1.54, 1.807) is 0 Å². The van der Waals surface area contributed by atoms with Gasteiger partial charge in [-0.15, -0.1) is 0 Å². The van der Waals surface area contributed by atoms with Crippen LogP contribution in [0.25, 0.3) is 33.4 Å². The van der Waals surface area contributed by atoms with Gasteiger partial charge in [0, 0.05) is 22.5 Å². The van der Waals surface area contributed by atoms with Crippen LogP contribution in [0.5, 0.6) is 5.75 Å². The van der Waals surface area contributed by atoms with Gasteiger partial charge >= 0.3 is 0 Å². The summed E-state index contributed by atoms with van der Waals surface area (Å²) in [5.74, 6) is 0.258. The molecule has 2 aliphatic carbocycles. The molecule has 0 saturated carbocycles. The molecule has 2 nitrogen and oxygen atoms in total. The van der Waals surface area contributed by atoms with Crippen molar-refractivity contribution in [2.45, 2.75) is 50.9 Å². The summed E-state index contributed by atoms with van der Waals surface area (Å²) in [5.41, 5.74) is 18.8. The van der Waals surface area contributed by atoms with Crippen LogP contribution in [0.2, 0.25) is 0 Å². The molecule has 58 heavy (non-hydrogen) atoms. The van der Waals surface area contributed by atoms with Crippen molar-refractivity contribution in [3.63, 3.8) is 0 Å². The molecule has 1 N–H and O–H groups in total. The van der Waals surface area contributed by atoms with Gasteiger partial charge in [0.2, 0.25) is 0 Å². The standard InChI is InChI=1S/C56H47NO/c1-54(2,3)39-21-23-40(24-22-39)56(41-25-31-45(58)32-26-41)51-18-12-10-16-47(51)49-34-30-44(36-53(49)56)57(42-27-19-38(20-28-42)37-13-7-6-8-14-37)43-29-33-48-46-15-9-11-17-50(46)55(4,5)52(48)35-43/h6-36,58H,1-5H3. The number of hydrogen-bond donors (Lipinski definition) is 1. The number of hydrogen-bond acceptors (Lipinski definition) is 2. The molecule has 282 valence electrons. The molecule has 0 aliphatic heterocycles. The van der Waals surface area contributed by atoms with Crippen LogP contribution < -0.4 is 4.90 Å². The monoisotopic (exact) mass is 749 g/mol. The van der Waals surface area contributed by atoms with E-state index < -0.39 is 5.41 Å². The Bertz CT molecular complexity index is 2830. The first kappa shape index (κ1) is 35.8. The van der Waals surface area contributed by atoms with E-state index in [2.05, 4.69) is 215 Å². The summed E-state index contributed by atoms with van der Waals surface area (Å²) < 4.78 is 0. The summed E-state index contributed by atoms with van der Waals surface area (Å²) in [7, 11) is 0. The van der Waals surface area contributed by atoms with Gasteiger partial charge in [0.25, 0.3) is 0 Å². The molecule has 0 saturated heterocycles. The number of phenolic OH excluding ortho intramolecular Hbond substituents is 1. The second kappa shape index (κ2) is 13.2. The Morgan fingerprint density at radius 2 is 0.879 bits per heavy atom. The van der Waals surface area contributed by atoms with E-state index in [-0.39, 0.29) is 16.6 Å². The van der Waals surface area contributed by atoms with E-state index in [1.165, 1.54) is 66.8 Å². The third-order valence-electron chi connectivity index (χ3n) is 12.8. The van der Waals surface area contributed by atoms with Gasteiger partial charge in [-0.25, -0.2) is 0 Å². The van der Waals surface area contributed by atoms with Crippen molar-refractivity contribution in [1.29, 1.82) is 0 Å². The molecule has 8 aromatic rings. The highest BCUT2D eigenvalue weighted by Crippen LogP contribution is 2.58. The Labute approximate surface area is 342 Å². The fraction of sp³-hybridized carbons (Fsp3) is 0.143. The molecule has 0 amide bonds. The molecule has 8 aromatic carbocycles. The number of aromatic hydroxyl groups is 1. The molecule has 10 rings (SSSR count). The van der Waals surface area contributed by atoms with Crippen molar-refractivity contribution in [3.05, 3.63) is 227 Å². The van der Waals surface area contributed by atoms with Gasteiger partial charge in [0.15, 0.2) is 0 Å². The van der Waals surface area contributed by atoms with Crippen LogP contribution in [0, 0.1) is 0 Å². The van der Waals surface area contributed by atoms with Gasteiger partial charge in [0.05, 0.1) is 5.41 Å². The zero-order valence-corrected chi connectivity index (χ0v) is 33.8. The summed E-state index contributed by atoms with van der Waals surface area (Å²) in [6.07, 6.45) is 0. The number of phenols is 1. The average molecular weight is 750 g/mol. The molecule has 0 aromatic heterocycles. The lowest BCUT2D eigenvalue weighted by atomic mass is 9.67. The number of fused-ring (bicyclic) bond motifs is 6. The zero-order valence-electron chi connectivity index (χ0n) is 33.8. The summed E-state index contributed by atoms with van der Waals surface area (Å²) in [6, 6.07) is 68.5. The summed E-state index contributed by atoms with van der Waals surface area (Å²) >= 11 is 0. The fourth-order valence-corrected chi connectivity index (χ4v) is 9.84. The molecule has 0 spiro atoms. The molecule has 0 radical (unpaired) electrons. The molecular formula is C56H47NO. The van der Waals surface area contributed by atoms with Crippen LogP contribution in [0.15, 0.2) is 188 Å². The van der Waals surface area contributed by atoms with Crippen molar-refractivity contribution in [2.24, 2.45) is 0 Å². The quantitative estimate of drug-likeness (QED) is 0.183. The third kappa shape index (κ3) is 5.46. The Morgan fingerprint density at radius 3 is 1.50 bits per heavy atom. The molecule has 2 heteroatoms. The smallest absolute Gasteiger partial charge is 0.115 e. The Kier molecular flexibility index (Phi) is 8.15. The van der Waals surface area contributed by atoms with Crippen molar-refractivity contribution >= 4 is 17.1 Å². The Hall–Kier alpha value is -6.64. The van der Waals surface area contributed by atoms with Gasteiger partial charge in [-0.05, 0) is 126 Å². The van der Waals surface area contributed by atoms with Crippen molar-refractivity contribution in [3.8, 4) is 39.1 Å². The highest BCUT2D eigenvalue weighted by molar-refractivity contribution is 5.91. The summed E-state index contributed by atoms with van der Waals surface area (Å²) in [6.45, 7) is 11.5. The Morgan fingerprint density at radius 1 is 0.414 bits per heavy atom. The molecule has 0 heterocycles. The topological polar surface area (TPSA) is 23.5 Å². The lowest BCUT2D eigenvalue weighted by Crippen LogP contribution is -2.29. The van der Waals surface area contributed by atoms with E-state index >= 15 is 0 Å². The van der Waals surface area contributed by atoms with Crippen LogP contribution in [0.4, 0.5) is 17.1 Å². The van der Waals surface area contributed by atoms with E-state index in [0.717, 1.165) is 22.6 Å². The van der Waals surface area contributed by atoms with Gasteiger partial charge in [-0.2, -0.15) is 0 Å². The summed E-state index contributed by atoms with van der Waals surface area (Å²) in [4.78, 5) is 2.43. The van der Waals surface area contributed by atoms with Gasteiger partial charge in [-0.1, -0.05) is 174 Å². The highest BCUT2D eigenvalue weighted by atomic mass is 16.3. The van der Waals surface area contributed by atoms with Gasteiger partial charge < -0.3 is 10.0 Å². The highest BCUT2D eigenvalue weighted by Gasteiger charge is 2.46. The van der Waals surface area contributed by atoms with Crippen molar-refractivity contribution < 1.29 is 5.11 Å². The normalized spacial score (nSPS) is 15.9. The van der Waals surface area contributed by atoms with Gasteiger partial charge in [-0.3, -0.25) is 0 Å². The maximum atomic E-state index is 10.6. The number of anilines is 3. The first-order valence-corrected chi connectivity index (χ1v) is 20.4. The zero-order chi connectivity index (χ0) is 39.8. The molecule has 0 fully saturated rings. The minimum absolute atomic E-state index is 0.0191. The van der Waals surface area contributed by atoms with Crippen molar-refractivity contribution in [1.82, 2.24) is 0 Å². The van der Waals surface area contributed by atoms with Crippen molar-refractivity contribution in [2.75, 3.05) is 4.90 Å². The number of rotatable bonds is 6. The van der Waals surface area contributed by atoms with Crippen LogP contribution in [-0.2, 0) is 16.2 Å². The van der Waals surface area contributed by atoms with E-state index in [9.17, 15) is 5.11 Å². The number of nitrogens with zero attached hydrogens (tertiary/aromatic N) is 1. The lowest BCUT2D eigenvalue weighted by Gasteiger charge is -2.35. The second-order valence-corrected chi connectivity index (χ2v) is 17.5. The lowest BCUT2D eigenvalue weighted by molar-refractivity contribution is 0.475. The fourth-order valence-electron chi connectivity index (χ4n) is 9.84. The Balaban J connectivity index is 1.21. The molecule has 1 atom stereocenters. The van der Waals surface area contributed by atoms with Crippen LogP contribution in [0.3, 0.4) is 0 Å². The molecule has 1 unspecified atom stereocenters. The first-order valence-electron chi connectivity index (χ1n) is 20.4. The maximum Gasteiger partial charge on any atom is 0.115 e. The molecular weight excluding hydrogens is 703 g/mol. The third-order valence-corrected chi connectivity index (χ3v) is 12.8. The maximum absolute atomic E-state index is 10.6. The van der Waals surface area contributed by atoms with Crippen LogP contribution in [-0.4, -0.2) is 5.11 Å². The van der Waals surface area contributed by atoms with Crippen LogP contribution >= 0.6 is 0 Å². The minimum Gasteiger partial charge on any atom is -0.508 e. The van der Waals surface area contributed by atoms with E-state index in [0.29, 0.717) is 0 Å². The van der Waals surface area contributed by atoms with Crippen LogP contribution in [0.1, 0.15) is 73.6 Å². The second-order valence-electron chi connectivity index (χ2n) is 17.5. The van der Waals surface area contributed by atoms with Gasteiger partial charge in [0.1, 0.15) is 5.75 Å². The number of benzene rings is 8. The average Bonchev–Trinajstić information content (AvgIpc) is 3.67. The SMILES string of the molecule is CC(C)(C)c1ccc(C2(c3ccc(O)cc3)c3ccccc3-c3ccc(N(c4ccc(-c5ccccc5)cc4)c4ccc5c(c4)C(C)(C)c4ccccc4-5)cc32)cc1. The predicted molar refractivity (Wildman–Crippen MR) is 242 cm³/mol.